The summed E-state index contributed by atoms with van der Waals surface area (Å²) in [4.78, 5) is 14.2. The minimum atomic E-state index is -0.151. The molecule has 0 bridgehead atoms. The van der Waals surface area contributed by atoms with Crippen molar-refractivity contribution in [2.45, 2.75) is 39.8 Å². The molecule has 0 aromatic heterocycles. The molecule has 0 spiro atoms. The third-order valence-corrected chi connectivity index (χ3v) is 6.56. The van der Waals surface area contributed by atoms with E-state index in [4.69, 9.17) is 27.9 Å². The van der Waals surface area contributed by atoms with Gasteiger partial charge < -0.3 is 10.1 Å². The van der Waals surface area contributed by atoms with E-state index in [1.807, 2.05) is 12.1 Å². The molecule has 0 saturated carbocycles. The maximum atomic E-state index is 11.8. The van der Waals surface area contributed by atoms with Gasteiger partial charge in [-0.05, 0) is 62.1 Å². The second kappa shape index (κ2) is 8.55. The molecule has 1 aliphatic rings. The zero-order valence-corrected chi connectivity index (χ0v) is 19.1. The van der Waals surface area contributed by atoms with Gasteiger partial charge in [-0.25, -0.2) is 0 Å². The lowest BCUT2D eigenvalue weighted by atomic mass is 9.84. The molecule has 6 heteroatoms. The average molecular weight is 435 g/mol. The predicted molar refractivity (Wildman–Crippen MR) is 119 cm³/mol. The molecule has 0 atom stereocenters. The number of hydrogen-bond acceptors (Lipinski definition) is 3. The number of likely N-dealkylation sites (tertiary alicyclic amines) is 1. The number of benzene rings is 2. The Morgan fingerprint density at radius 1 is 1.14 bits per heavy atom. The fourth-order valence-electron chi connectivity index (χ4n) is 3.80. The van der Waals surface area contributed by atoms with Crippen LogP contribution in [0.3, 0.4) is 0 Å². The number of aryl methyl sites for hydroxylation is 2. The van der Waals surface area contributed by atoms with Gasteiger partial charge in [-0.3, -0.25) is 9.69 Å². The van der Waals surface area contributed by atoms with Gasteiger partial charge in [0.15, 0.2) is 0 Å². The Balaban J connectivity index is 1.73. The molecule has 4 nitrogen and oxygen atoms in total. The highest BCUT2D eigenvalue weighted by atomic mass is 35.5. The van der Waals surface area contributed by atoms with Crippen molar-refractivity contribution in [1.29, 1.82) is 0 Å². The number of hydrogen-bond donors (Lipinski definition) is 1. The summed E-state index contributed by atoms with van der Waals surface area (Å²) in [6.07, 6.45) is 0. The fourth-order valence-corrected chi connectivity index (χ4v) is 4.12. The van der Waals surface area contributed by atoms with Gasteiger partial charge in [0, 0.05) is 25.7 Å². The topological polar surface area (TPSA) is 41.6 Å². The number of ether oxygens (including phenoxy) is 1. The molecule has 1 amide bonds. The summed E-state index contributed by atoms with van der Waals surface area (Å²) in [6.45, 7) is 10.5. The molecule has 29 heavy (non-hydrogen) atoms. The molecule has 3 rings (SSSR count). The zero-order chi connectivity index (χ0) is 21.3. The molecule has 1 heterocycles. The SMILES string of the molecule is CNC(=O)C1CN(C(C)(C)c2cc(C)c(OCc3ccc(Cl)c(Cl)c3)c(C)c2)C1. The van der Waals surface area contributed by atoms with E-state index in [-0.39, 0.29) is 17.4 Å². The van der Waals surface area contributed by atoms with E-state index in [1.165, 1.54) is 5.56 Å². The normalized spacial score (nSPS) is 15.1. The van der Waals surface area contributed by atoms with Crippen LogP contribution >= 0.6 is 23.2 Å². The molecule has 0 radical (unpaired) electrons. The molecule has 1 fully saturated rings. The summed E-state index contributed by atoms with van der Waals surface area (Å²) in [6, 6.07) is 9.91. The summed E-state index contributed by atoms with van der Waals surface area (Å²) < 4.78 is 6.11. The first-order valence-electron chi connectivity index (χ1n) is 9.78. The second-order valence-electron chi connectivity index (χ2n) is 8.25. The van der Waals surface area contributed by atoms with Crippen LogP contribution in [0.25, 0.3) is 0 Å². The minimum absolute atomic E-state index is 0.0790. The minimum Gasteiger partial charge on any atom is -0.488 e. The van der Waals surface area contributed by atoms with Gasteiger partial charge in [0.25, 0.3) is 0 Å². The summed E-state index contributed by atoms with van der Waals surface area (Å²) >= 11 is 12.1. The maximum Gasteiger partial charge on any atom is 0.225 e. The third-order valence-electron chi connectivity index (χ3n) is 5.82. The zero-order valence-electron chi connectivity index (χ0n) is 17.6. The van der Waals surface area contributed by atoms with Crippen molar-refractivity contribution in [2.75, 3.05) is 20.1 Å². The molecule has 2 aromatic rings. The molecule has 1 aliphatic heterocycles. The van der Waals surface area contributed by atoms with Gasteiger partial charge in [-0.15, -0.1) is 0 Å². The highest BCUT2D eigenvalue weighted by Crippen LogP contribution is 2.37. The van der Waals surface area contributed by atoms with Gasteiger partial charge >= 0.3 is 0 Å². The predicted octanol–water partition coefficient (Wildman–Crippen LogP) is 5.10. The van der Waals surface area contributed by atoms with Crippen LogP contribution < -0.4 is 10.1 Å². The summed E-state index contributed by atoms with van der Waals surface area (Å²) in [5.41, 5.74) is 4.24. The van der Waals surface area contributed by atoms with Crippen LogP contribution in [0.5, 0.6) is 5.75 Å². The van der Waals surface area contributed by atoms with Gasteiger partial charge in [0.05, 0.1) is 16.0 Å². The molecular formula is C23H28Cl2N2O2. The first-order chi connectivity index (χ1) is 13.6. The molecular weight excluding hydrogens is 407 g/mol. The fraction of sp³-hybridized carbons (Fsp3) is 0.435. The first kappa shape index (κ1) is 21.9. The van der Waals surface area contributed by atoms with E-state index < -0.39 is 0 Å². The maximum absolute atomic E-state index is 11.8. The van der Waals surface area contributed by atoms with Gasteiger partial charge in [0.1, 0.15) is 12.4 Å². The molecule has 1 N–H and O–H groups in total. The van der Waals surface area contributed by atoms with Gasteiger partial charge in [-0.2, -0.15) is 0 Å². The van der Waals surface area contributed by atoms with E-state index in [1.54, 1.807) is 13.1 Å². The van der Waals surface area contributed by atoms with Crippen LogP contribution in [0.4, 0.5) is 0 Å². The van der Waals surface area contributed by atoms with Crippen LogP contribution in [0.1, 0.15) is 36.1 Å². The number of carbonyl (C=O) groups excluding carboxylic acids is 1. The standard InChI is InChI=1S/C23H28Cl2N2O2/c1-14-8-18(23(3,4)27-11-17(12-27)22(28)26-5)9-15(2)21(14)29-13-16-6-7-19(24)20(25)10-16/h6-10,17H,11-13H2,1-5H3,(H,26,28). The summed E-state index contributed by atoms with van der Waals surface area (Å²) in [5, 5.41) is 3.81. The smallest absolute Gasteiger partial charge is 0.225 e. The van der Waals surface area contributed by atoms with Crippen molar-refractivity contribution in [1.82, 2.24) is 10.2 Å². The van der Waals surface area contributed by atoms with Crippen molar-refractivity contribution in [3.05, 3.63) is 62.6 Å². The van der Waals surface area contributed by atoms with Crippen LogP contribution in [0.2, 0.25) is 10.0 Å². The van der Waals surface area contributed by atoms with E-state index in [0.717, 1.165) is 35.5 Å². The van der Waals surface area contributed by atoms with E-state index >= 15 is 0 Å². The summed E-state index contributed by atoms with van der Waals surface area (Å²) in [7, 11) is 1.69. The molecule has 1 saturated heterocycles. The van der Waals surface area contributed by atoms with Crippen molar-refractivity contribution in [3.63, 3.8) is 0 Å². The Labute approximate surface area is 183 Å². The van der Waals surface area contributed by atoms with Gasteiger partial charge in [-0.1, -0.05) is 41.4 Å². The van der Waals surface area contributed by atoms with Crippen molar-refractivity contribution < 1.29 is 9.53 Å². The highest BCUT2D eigenvalue weighted by Gasteiger charge is 2.41. The third kappa shape index (κ3) is 4.55. The Morgan fingerprint density at radius 2 is 1.76 bits per heavy atom. The molecule has 2 aromatic carbocycles. The Kier molecular flexibility index (Phi) is 6.47. The lowest BCUT2D eigenvalue weighted by Gasteiger charge is -2.49. The van der Waals surface area contributed by atoms with Crippen LogP contribution in [-0.4, -0.2) is 30.9 Å². The summed E-state index contributed by atoms with van der Waals surface area (Å²) in [5.74, 6) is 1.09. The molecule has 156 valence electrons. The largest absolute Gasteiger partial charge is 0.488 e. The average Bonchev–Trinajstić information content (AvgIpc) is 2.62. The van der Waals surface area contributed by atoms with E-state index in [0.29, 0.717) is 16.7 Å². The van der Waals surface area contributed by atoms with Gasteiger partial charge in [0.2, 0.25) is 5.91 Å². The number of nitrogens with one attached hydrogen (secondary N) is 1. The number of nitrogens with zero attached hydrogens (tertiary/aromatic N) is 1. The lowest BCUT2D eigenvalue weighted by molar-refractivity contribution is -0.132. The van der Waals surface area contributed by atoms with Crippen LogP contribution in [0, 0.1) is 19.8 Å². The quantitative estimate of drug-likeness (QED) is 0.686. The second-order valence-corrected chi connectivity index (χ2v) is 9.07. The van der Waals surface area contributed by atoms with E-state index in [9.17, 15) is 4.79 Å². The first-order valence-corrected chi connectivity index (χ1v) is 10.5. The number of halogens is 2. The molecule has 0 unspecified atom stereocenters. The number of carbonyl (C=O) groups is 1. The Bertz CT molecular complexity index is 898. The monoisotopic (exact) mass is 434 g/mol. The Morgan fingerprint density at radius 3 is 2.31 bits per heavy atom. The van der Waals surface area contributed by atoms with Crippen molar-refractivity contribution in [2.24, 2.45) is 5.92 Å². The number of rotatable bonds is 6. The van der Waals surface area contributed by atoms with Crippen LogP contribution in [-0.2, 0) is 16.9 Å². The van der Waals surface area contributed by atoms with E-state index in [2.05, 4.69) is 50.0 Å². The lowest BCUT2D eigenvalue weighted by Crippen LogP contribution is -2.59. The van der Waals surface area contributed by atoms with Crippen molar-refractivity contribution in [3.8, 4) is 5.75 Å². The van der Waals surface area contributed by atoms with Crippen LogP contribution in [0.15, 0.2) is 30.3 Å². The highest BCUT2D eigenvalue weighted by molar-refractivity contribution is 6.42. The number of amides is 1. The molecule has 0 aliphatic carbocycles. The van der Waals surface area contributed by atoms with Crippen molar-refractivity contribution >= 4 is 29.1 Å². The Hall–Kier alpha value is -1.75.